The SMILES string of the molecule is O=C(OCc1nnc(-c2ccccc2)o1)C1CCN(c2nc3ccccc3o2)CC1. The molecule has 0 atom stereocenters. The van der Waals surface area contributed by atoms with Crippen molar-refractivity contribution in [2.24, 2.45) is 5.92 Å². The molecule has 0 radical (unpaired) electrons. The van der Waals surface area contributed by atoms with Gasteiger partial charge in [0.05, 0.1) is 5.92 Å². The monoisotopic (exact) mass is 404 g/mol. The number of rotatable bonds is 5. The molecule has 1 aliphatic heterocycles. The molecule has 0 unspecified atom stereocenters. The predicted octanol–water partition coefficient (Wildman–Crippen LogP) is 3.84. The summed E-state index contributed by atoms with van der Waals surface area (Å²) >= 11 is 0. The van der Waals surface area contributed by atoms with Gasteiger partial charge in [0, 0.05) is 18.7 Å². The lowest BCUT2D eigenvalue weighted by Gasteiger charge is -2.29. The van der Waals surface area contributed by atoms with Crippen molar-refractivity contribution < 1.29 is 18.4 Å². The highest BCUT2D eigenvalue weighted by Gasteiger charge is 2.28. The molecule has 0 amide bonds. The van der Waals surface area contributed by atoms with Crippen molar-refractivity contribution in [2.45, 2.75) is 19.4 Å². The zero-order chi connectivity index (χ0) is 20.3. The Labute approximate surface area is 172 Å². The fourth-order valence-electron chi connectivity index (χ4n) is 3.56. The molecule has 0 spiro atoms. The summed E-state index contributed by atoms with van der Waals surface area (Å²) in [6, 6.07) is 17.7. The first kappa shape index (κ1) is 18.4. The zero-order valence-corrected chi connectivity index (χ0v) is 16.2. The molecule has 2 aromatic heterocycles. The first-order valence-corrected chi connectivity index (χ1v) is 9.91. The van der Waals surface area contributed by atoms with Crippen molar-refractivity contribution in [3.8, 4) is 11.5 Å². The molecular formula is C22H20N4O4. The van der Waals surface area contributed by atoms with Gasteiger partial charge in [-0.25, -0.2) is 0 Å². The zero-order valence-electron chi connectivity index (χ0n) is 16.2. The average Bonchev–Trinajstić information content (AvgIpc) is 3.45. The molecule has 4 aromatic rings. The Bertz CT molecular complexity index is 1110. The van der Waals surface area contributed by atoms with Crippen LogP contribution in [-0.2, 0) is 16.1 Å². The van der Waals surface area contributed by atoms with Crippen LogP contribution in [0.1, 0.15) is 18.7 Å². The fraction of sp³-hybridized carbons (Fsp3) is 0.273. The number of anilines is 1. The van der Waals surface area contributed by atoms with Crippen molar-refractivity contribution in [2.75, 3.05) is 18.0 Å². The standard InChI is InChI=1S/C22H20N4O4/c27-21(28-14-19-24-25-20(30-19)15-6-2-1-3-7-15)16-10-12-26(13-11-16)22-23-17-8-4-5-9-18(17)29-22/h1-9,16H,10-14H2. The molecule has 8 heteroatoms. The second kappa shape index (κ2) is 7.98. The largest absolute Gasteiger partial charge is 0.455 e. The summed E-state index contributed by atoms with van der Waals surface area (Å²) in [5.74, 6) is 0.285. The van der Waals surface area contributed by atoms with Gasteiger partial charge >= 0.3 is 5.97 Å². The van der Waals surface area contributed by atoms with Gasteiger partial charge in [-0.15, -0.1) is 10.2 Å². The van der Waals surface area contributed by atoms with Crippen LogP contribution in [0.3, 0.4) is 0 Å². The molecule has 2 aromatic carbocycles. The minimum atomic E-state index is -0.244. The van der Waals surface area contributed by atoms with Crippen molar-refractivity contribution >= 4 is 23.1 Å². The summed E-state index contributed by atoms with van der Waals surface area (Å²) < 4.78 is 16.8. The number of benzene rings is 2. The third kappa shape index (κ3) is 3.76. The van der Waals surface area contributed by atoms with E-state index in [1.165, 1.54) is 0 Å². The molecule has 1 saturated heterocycles. The minimum Gasteiger partial charge on any atom is -0.455 e. The molecule has 8 nitrogen and oxygen atoms in total. The molecule has 0 N–H and O–H groups in total. The minimum absolute atomic E-state index is 0.0238. The van der Waals surface area contributed by atoms with Crippen molar-refractivity contribution in [1.82, 2.24) is 15.2 Å². The second-order valence-electron chi connectivity index (χ2n) is 7.20. The van der Waals surface area contributed by atoms with E-state index in [4.69, 9.17) is 13.6 Å². The van der Waals surface area contributed by atoms with Crippen LogP contribution >= 0.6 is 0 Å². The third-order valence-electron chi connectivity index (χ3n) is 5.21. The summed E-state index contributed by atoms with van der Waals surface area (Å²) in [6.45, 7) is 1.35. The van der Waals surface area contributed by atoms with Crippen molar-refractivity contribution in [3.63, 3.8) is 0 Å². The lowest BCUT2D eigenvalue weighted by molar-refractivity contribution is -0.151. The van der Waals surface area contributed by atoms with Gasteiger partial charge < -0.3 is 18.5 Å². The summed E-state index contributed by atoms with van der Waals surface area (Å²) in [5, 5.41) is 7.97. The van der Waals surface area contributed by atoms with Gasteiger partial charge in [-0.05, 0) is 37.1 Å². The van der Waals surface area contributed by atoms with Crippen LogP contribution in [-0.4, -0.2) is 34.2 Å². The Kier molecular flexibility index (Phi) is 4.88. The van der Waals surface area contributed by atoms with Gasteiger partial charge in [0.15, 0.2) is 12.2 Å². The summed E-state index contributed by atoms with van der Waals surface area (Å²) in [5.41, 5.74) is 2.43. The van der Waals surface area contributed by atoms with Gasteiger partial charge in [0.25, 0.3) is 11.9 Å². The van der Waals surface area contributed by atoms with E-state index in [1.807, 2.05) is 54.6 Å². The lowest BCUT2D eigenvalue weighted by atomic mass is 9.97. The Morgan fingerprint density at radius 3 is 2.57 bits per heavy atom. The number of hydrogen-bond donors (Lipinski definition) is 0. The lowest BCUT2D eigenvalue weighted by Crippen LogP contribution is -2.37. The number of piperidine rings is 1. The molecule has 1 aliphatic rings. The number of esters is 1. The fourth-order valence-corrected chi connectivity index (χ4v) is 3.56. The summed E-state index contributed by atoms with van der Waals surface area (Å²) in [4.78, 5) is 19.1. The molecule has 0 bridgehead atoms. The summed E-state index contributed by atoms with van der Waals surface area (Å²) in [6.07, 6.45) is 1.35. The van der Waals surface area contributed by atoms with E-state index in [0.29, 0.717) is 37.8 Å². The Balaban J connectivity index is 1.14. The van der Waals surface area contributed by atoms with E-state index in [2.05, 4.69) is 20.1 Å². The number of carbonyl (C=O) groups is 1. The number of oxazole rings is 1. The van der Waals surface area contributed by atoms with Crippen LogP contribution in [0, 0.1) is 5.92 Å². The predicted molar refractivity (Wildman–Crippen MR) is 108 cm³/mol. The number of carbonyl (C=O) groups excluding carboxylic acids is 1. The maximum Gasteiger partial charge on any atom is 0.309 e. The maximum atomic E-state index is 12.5. The Morgan fingerprint density at radius 2 is 1.77 bits per heavy atom. The molecule has 3 heterocycles. The number of hydrogen-bond acceptors (Lipinski definition) is 8. The molecule has 30 heavy (non-hydrogen) atoms. The highest BCUT2D eigenvalue weighted by molar-refractivity contribution is 5.75. The molecule has 0 aliphatic carbocycles. The van der Waals surface area contributed by atoms with Gasteiger partial charge in [0.2, 0.25) is 5.89 Å². The van der Waals surface area contributed by atoms with E-state index >= 15 is 0 Å². The van der Waals surface area contributed by atoms with Crippen LogP contribution in [0.4, 0.5) is 6.01 Å². The number of aromatic nitrogens is 3. The summed E-state index contributed by atoms with van der Waals surface area (Å²) in [7, 11) is 0. The smallest absolute Gasteiger partial charge is 0.309 e. The van der Waals surface area contributed by atoms with E-state index < -0.39 is 0 Å². The molecule has 1 fully saturated rings. The van der Waals surface area contributed by atoms with Gasteiger partial charge in [-0.3, -0.25) is 4.79 Å². The highest BCUT2D eigenvalue weighted by Crippen LogP contribution is 2.27. The van der Waals surface area contributed by atoms with Gasteiger partial charge in [0.1, 0.15) is 5.52 Å². The van der Waals surface area contributed by atoms with E-state index in [1.54, 1.807) is 0 Å². The number of fused-ring (bicyclic) bond motifs is 1. The quantitative estimate of drug-likeness (QED) is 0.463. The second-order valence-corrected chi connectivity index (χ2v) is 7.20. The van der Waals surface area contributed by atoms with Gasteiger partial charge in [-0.2, -0.15) is 4.98 Å². The average molecular weight is 404 g/mol. The van der Waals surface area contributed by atoms with Crippen LogP contribution in [0.15, 0.2) is 63.4 Å². The van der Waals surface area contributed by atoms with Crippen LogP contribution < -0.4 is 4.90 Å². The Morgan fingerprint density at radius 1 is 1.00 bits per heavy atom. The van der Waals surface area contributed by atoms with Crippen molar-refractivity contribution in [1.29, 1.82) is 0 Å². The number of para-hydroxylation sites is 2. The third-order valence-corrected chi connectivity index (χ3v) is 5.21. The van der Waals surface area contributed by atoms with Crippen LogP contribution in [0.25, 0.3) is 22.6 Å². The topological polar surface area (TPSA) is 94.5 Å². The molecule has 152 valence electrons. The van der Waals surface area contributed by atoms with Gasteiger partial charge in [-0.1, -0.05) is 30.3 Å². The van der Waals surface area contributed by atoms with Crippen LogP contribution in [0.2, 0.25) is 0 Å². The van der Waals surface area contributed by atoms with E-state index in [0.717, 1.165) is 16.7 Å². The maximum absolute atomic E-state index is 12.5. The molecular weight excluding hydrogens is 384 g/mol. The Hall–Kier alpha value is -3.68. The number of ether oxygens (including phenoxy) is 1. The van der Waals surface area contributed by atoms with E-state index in [9.17, 15) is 4.79 Å². The first-order valence-electron chi connectivity index (χ1n) is 9.91. The van der Waals surface area contributed by atoms with E-state index in [-0.39, 0.29) is 24.4 Å². The molecule has 0 saturated carbocycles. The normalized spacial score (nSPS) is 14.9. The first-order chi connectivity index (χ1) is 14.8. The van der Waals surface area contributed by atoms with Crippen molar-refractivity contribution in [3.05, 3.63) is 60.5 Å². The highest BCUT2D eigenvalue weighted by atomic mass is 16.5. The van der Waals surface area contributed by atoms with Crippen LogP contribution in [0.5, 0.6) is 0 Å². The number of nitrogens with zero attached hydrogens (tertiary/aromatic N) is 4. The molecule has 5 rings (SSSR count).